The lowest BCUT2D eigenvalue weighted by atomic mass is 9.99. The van der Waals surface area contributed by atoms with E-state index in [1.165, 1.54) is 12.1 Å². The molecule has 2 heterocycles. The highest BCUT2D eigenvalue weighted by molar-refractivity contribution is 7.89. The van der Waals surface area contributed by atoms with E-state index in [2.05, 4.69) is 14.9 Å². The van der Waals surface area contributed by atoms with Crippen LogP contribution in [-0.2, 0) is 37.3 Å². The molecule has 2 saturated heterocycles. The van der Waals surface area contributed by atoms with Gasteiger partial charge in [-0.1, -0.05) is 84.4 Å². The largest absolute Gasteiger partial charge is 0.395 e. The van der Waals surface area contributed by atoms with Gasteiger partial charge in [0, 0.05) is 30.3 Å². The molecule has 5 atom stereocenters. The lowest BCUT2D eigenvalue weighted by Crippen LogP contribution is -2.45. The molecule has 2 fully saturated rings. The Kier molecular flexibility index (Phi) is 11.8. The number of likely N-dealkylation sites (tertiary alicyclic amines) is 1. The second kappa shape index (κ2) is 16.4. The Balaban J connectivity index is 1.22. The van der Waals surface area contributed by atoms with Crippen molar-refractivity contribution >= 4 is 21.6 Å². The maximum atomic E-state index is 13.8. The van der Waals surface area contributed by atoms with Crippen LogP contribution in [0.25, 0.3) is 0 Å². The summed E-state index contributed by atoms with van der Waals surface area (Å²) < 4.78 is 42.5. The maximum Gasteiger partial charge on any atom is 0.242 e. The summed E-state index contributed by atoms with van der Waals surface area (Å²) >= 11 is 0. The number of rotatable bonds is 13. The summed E-state index contributed by atoms with van der Waals surface area (Å²) in [5.74, 6) is -0.504. The van der Waals surface area contributed by atoms with Crippen molar-refractivity contribution in [2.24, 2.45) is 0 Å². The lowest BCUT2D eigenvalue weighted by Gasteiger charge is -2.38. The molecule has 10 nitrogen and oxygen atoms in total. The predicted octanol–water partition coefficient (Wildman–Crippen LogP) is 5.02. The molecule has 4 aromatic rings. The molecule has 1 amide bonds. The van der Waals surface area contributed by atoms with Gasteiger partial charge in [-0.05, 0) is 73.7 Å². The normalized spacial score (nSPS) is 21.9. The molecule has 0 bridgehead atoms. The molecule has 4 N–H and O–H groups in total. The molecule has 11 heteroatoms. The van der Waals surface area contributed by atoms with Crippen molar-refractivity contribution in [2.45, 2.75) is 74.7 Å². The molecule has 2 aliphatic rings. The quantitative estimate of drug-likeness (QED) is 0.153. The van der Waals surface area contributed by atoms with Crippen molar-refractivity contribution in [2.75, 3.05) is 25.0 Å². The number of aliphatic hydroxyl groups is 2. The number of hydrogen-bond acceptors (Lipinski definition) is 8. The van der Waals surface area contributed by atoms with Gasteiger partial charge in [0.05, 0.1) is 30.3 Å². The van der Waals surface area contributed by atoms with Crippen LogP contribution in [0.3, 0.4) is 0 Å². The van der Waals surface area contributed by atoms with Crippen LogP contribution in [0, 0.1) is 6.92 Å². The first-order chi connectivity index (χ1) is 24.2. The Labute approximate surface area is 294 Å². The van der Waals surface area contributed by atoms with E-state index in [9.17, 15) is 23.4 Å². The predicted molar refractivity (Wildman–Crippen MR) is 191 cm³/mol. The van der Waals surface area contributed by atoms with Gasteiger partial charge in [-0.2, -0.15) is 4.72 Å². The highest BCUT2D eigenvalue weighted by atomic mass is 32.2. The lowest BCUT2D eigenvalue weighted by molar-refractivity contribution is -0.253. The van der Waals surface area contributed by atoms with Crippen molar-refractivity contribution in [1.29, 1.82) is 0 Å². The van der Waals surface area contributed by atoms with Crippen LogP contribution >= 0.6 is 0 Å². The number of aryl methyl sites for hydroxylation is 1. The number of anilines is 1. The zero-order valence-electron chi connectivity index (χ0n) is 28.1. The van der Waals surface area contributed by atoms with Crippen LogP contribution in [0.4, 0.5) is 5.69 Å². The van der Waals surface area contributed by atoms with Gasteiger partial charge in [0.25, 0.3) is 0 Å². The first kappa shape index (κ1) is 35.9. The molecular weight excluding hydrogens is 655 g/mol. The molecule has 6 rings (SSSR count). The number of benzene rings is 4. The molecule has 264 valence electrons. The van der Waals surface area contributed by atoms with E-state index in [-0.39, 0.29) is 42.8 Å². The molecular formula is C39H45N3O7S. The van der Waals surface area contributed by atoms with Crippen LogP contribution in [0.5, 0.6) is 0 Å². The molecule has 0 spiro atoms. The average molecular weight is 700 g/mol. The molecule has 4 aromatic carbocycles. The van der Waals surface area contributed by atoms with Gasteiger partial charge in [0.2, 0.25) is 15.9 Å². The third-order valence-electron chi connectivity index (χ3n) is 9.42. The van der Waals surface area contributed by atoms with Crippen molar-refractivity contribution in [3.63, 3.8) is 0 Å². The van der Waals surface area contributed by atoms with Gasteiger partial charge >= 0.3 is 0 Å². The number of sulfonamides is 1. The summed E-state index contributed by atoms with van der Waals surface area (Å²) in [5, 5.41) is 22.4. The number of carbonyl (C=O) groups is 1. The zero-order chi connectivity index (χ0) is 35.1. The SMILES string of the molecule is Cc1ccc(S(=O)(=O)N[C@H](Cc2ccccc2)C(=O)Nc2cccc(C3O[C@H](CN4CCC[C@H]4CO)C[C@H](c4ccc(CO)cc4)O3)c2)cc1. The van der Waals surface area contributed by atoms with Gasteiger partial charge in [0.1, 0.15) is 6.04 Å². The van der Waals surface area contributed by atoms with E-state index >= 15 is 0 Å². The first-order valence-corrected chi connectivity index (χ1v) is 18.6. The zero-order valence-corrected chi connectivity index (χ0v) is 29.0. The fourth-order valence-electron chi connectivity index (χ4n) is 6.64. The van der Waals surface area contributed by atoms with E-state index in [1.54, 1.807) is 30.3 Å². The minimum atomic E-state index is -4.00. The molecule has 0 saturated carbocycles. The molecule has 1 unspecified atom stereocenters. The molecule has 2 aliphatic heterocycles. The molecule has 0 radical (unpaired) electrons. The van der Waals surface area contributed by atoms with Crippen LogP contribution in [-0.4, -0.2) is 67.3 Å². The topological polar surface area (TPSA) is 137 Å². The third kappa shape index (κ3) is 9.04. The number of carbonyl (C=O) groups excluding carboxylic acids is 1. The van der Waals surface area contributed by atoms with E-state index in [4.69, 9.17) is 9.47 Å². The Morgan fingerprint density at radius 1 is 0.900 bits per heavy atom. The highest BCUT2D eigenvalue weighted by Gasteiger charge is 2.35. The van der Waals surface area contributed by atoms with E-state index in [0.29, 0.717) is 24.2 Å². The van der Waals surface area contributed by atoms with Gasteiger partial charge < -0.3 is 25.0 Å². The number of aliphatic hydroxyl groups excluding tert-OH is 2. The molecule has 0 aromatic heterocycles. The summed E-state index contributed by atoms with van der Waals surface area (Å²) in [4.78, 5) is 16.2. The number of nitrogens with zero attached hydrogens (tertiary/aromatic N) is 1. The minimum Gasteiger partial charge on any atom is -0.395 e. The first-order valence-electron chi connectivity index (χ1n) is 17.1. The monoisotopic (exact) mass is 699 g/mol. The van der Waals surface area contributed by atoms with Crippen molar-refractivity contribution in [1.82, 2.24) is 9.62 Å². The Morgan fingerprint density at radius 3 is 2.38 bits per heavy atom. The second-order valence-corrected chi connectivity index (χ2v) is 14.8. The summed E-state index contributed by atoms with van der Waals surface area (Å²) in [6.45, 7) is 3.48. The fourth-order valence-corrected chi connectivity index (χ4v) is 7.84. The average Bonchev–Trinajstić information content (AvgIpc) is 3.59. The van der Waals surface area contributed by atoms with E-state index in [0.717, 1.165) is 41.6 Å². The smallest absolute Gasteiger partial charge is 0.242 e. The number of hydrogen-bond donors (Lipinski definition) is 4. The van der Waals surface area contributed by atoms with Crippen LogP contribution < -0.4 is 10.0 Å². The number of nitrogens with one attached hydrogen (secondary N) is 2. The van der Waals surface area contributed by atoms with Gasteiger partial charge in [0.15, 0.2) is 6.29 Å². The summed E-state index contributed by atoms with van der Waals surface area (Å²) in [6.07, 6.45) is 1.52. The summed E-state index contributed by atoms with van der Waals surface area (Å²) in [5.41, 5.74) is 4.68. The number of amides is 1. The second-order valence-electron chi connectivity index (χ2n) is 13.1. The third-order valence-corrected chi connectivity index (χ3v) is 10.9. The van der Waals surface area contributed by atoms with Crippen LogP contribution in [0.1, 0.15) is 59.5 Å². The Hall–Kier alpha value is -3.94. The highest BCUT2D eigenvalue weighted by Crippen LogP contribution is 2.39. The van der Waals surface area contributed by atoms with Crippen molar-refractivity contribution in [3.05, 3.63) is 131 Å². The van der Waals surface area contributed by atoms with E-state index in [1.807, 2.05) is 67.6 Å². The van der Waals surface area contributed by atoms with Gasteiger partial charge in [-0.25, -0.2) is 8.42 Å². The minimum absolute atomic E-state index is 0.0458. The fraction of sp³-hybridized carbons (Fsp3) is 0.359. The molecule has 0 aliphatic carbocycles. The van der Waals surface area contributed by atoms with Gasteiger partial charge in [-0.3, -0.25) is 9.69 Å². The number of ether oxygens (including phenoxy) is 2. The van der Waals surface area contributed by atoms with E-state index < -0.39 is 28.3 Å². The summed E-state index contributed by atoms with van der Waals surface area (Å²) in [6, 6.07) is 29.7. The summed E-state index contributed by atoms with van der Waals surface area (Å²) in [7, 11) is -4.00. The van der Waals surface area contributed by atoms with Crippen molar-refractivity contribution in [3.8, 4) is 0 Å². The van der Waals surface area contributed by atoms with Crippen LogP contribution in [0.15, 0.2) is 108 Å². The Morgan fingerprint density at radius 2 is 1.66 bits per heavy atom. The van der Waals surface area contributed by atoms with Gasteiger partial charge in [-0.15, -0.1) is 0 Å². The van der Waals surface area contributed by atoms with Crippen molar-refractivity contribution < 1.29 is 32.9 Å². The molecule has 50 heavy (non-hydrogen) atoms. The Bertz CT molecular complexity index is 1820. The van der Waals surface area contributed by atoms with Crippen LogP contribution in [0.2, 0.25) is 0 Å². The maximum absolute atomic E-state index is 13.8. The standard InChI is InChI=1S/C39H45N3O7S/c1-27-12-18-35(19-13-27)50(46,47)41-36(21-28-7-3-2-4-8-28)38(45)40-32-10-5-9-31(22-32)39-48-34(24-42-20-6-11-33(42)26-44)23-37(49-39)30-16-14-29(25-43)15-17-30/h2-5,7-10,12-19,22,33-34,36-37,39,41,43-44H,6,11,20-21,23-26H2,1H3,(H,40,45)/t33-,34-,36+,37+,39?/m0/s1.